The Balaban J connectivity index is 1.78. The number of H-pyrrole nitrogens is 1. The average Bonchev–Trinajstić information content (AvgIpc) is 2.73. The largest absolute Gasteiger partial charge is 0.493 e. The number of hydrogen-bond acceptors (Lipinski definition) is 8. The molecule has 0 amide bonds. The highest BCUT2D eigenvalue weighted by Crippen LogP contribution is 2.37. The fraction of sp³-hybridized carbons (Fsp3) is 0.158. The lowest BCUT2D eigenvalue weighted by atomic mass is 10.2. The predicted molar refractivity (Wildman–Crippen MR) is 105 cm³/mol. The molecule has 0 aliphatic carbocycles. The number of methoxy groups -OCH3 is 3. The van der Waals surface area contributed by atoms with Crippen molar-refractivity contribution in [2.75, 3.05) is 26.8 Å². The number of aromatic nitrogens is 3. The van der Waals surface area contributed by atoms with E-state index >= 15 is 0 Å². The van der Waals surface area contributed by atoms with E-state index in [2.05, 4.69) is 25.7 Å². The lowest BCUT2D eigenvalue weighted by Gasteiger charge is -2.12. The van der Waals surface area contributed by atoms with Gasteiger partial charge in [-0.05, 0) is 12.1 Å². The van der Waals surface area contributed by atoms with E-state index < -0.39 is 0 Å². The molecule has 144 valence electrons. The van der Waals surface area contributed by atoms with Gasteiger partial charge in [0, 0.05) is 11.1 Å². The Labute approximate surface area is 161 Å². The molecule has 1 heterocycles. The van der Waals surface area contributed by atoms with E-state index in [4.69, 9.17) is 14.2 Å². The van der Waals surface area contributed by atoms with Crippen LogP contribution in [0.15, 0.2) is 52.4 Å². The molecular weight excluding hydrogens is 362 g/mol. The second-order valence-electron chi connectivity index (χ2n) is 5.55. The van der Waals surface area contributed by atoms with E-state index in [1.54, 1.807) is 24.3 Å². The number of hydrogen-bond donors (Lipinski definition) is 2. The molecule has 1 aromatic heterocycles. The molecule has 0 atom stereocenters. The third-order valence-electron chi connectivity index (χ3n) is 3.82. The van der Waals surface area contributed by atoms with Crippen molar-refractivity contribution in [1.29, 1.82) is 0 Å². The number of nitrogens with zero attached hydrogens (tertiary/aromatic N) is 3. The van der Waals surface area contributed by atoms with Crippen LogP contribution in [-0.4, -0.2) is 42.7 Å². The zero-order valence-corrected chi connectivity index (χ0v) is 15.6. The predicted octanol–water partition coefficient (Wildman–Crippen LogP) is 2.30. The molecule has 0 bridgehead atoms. The first kappa shape index (κ1) is 18.9. The Hall–Kier alpha value is -3.88. The normalized spacial score (nSPS) is 10.7. The number of ether oxygens (including phenoxy) is 3. The minimum atomic E-state index is -0.369. The van der Waals surface area contributed by atoms with Crippen LogP contribution in [0.5, 0.6) is 17.2 Å². The zero-order chi connectivity index (χ0) is 19.9. The maximum Gasteiger partial charge on any atom is 0.279 e. The number of benzene rings is 2. The van der Waals surface area contributed by atoms with Crippen LogP contribution in [0, 0.1) is 0 Å². The second-order valence-corrected chi connectivity index (χ2v) is 5.55. The second kappa shape index (κ2) is 8.67. The average molecular weight is 381 g/mol. The van der Waals surface area contributed by atoms with Crippen molar-refractivity contribution < 1.29 is 14.2 Å². The minimum Gasteiger partial charge on any atom is -0.493 e. The van der Waals surface area contributed by atoms with Gasteiger partial charge in [0.2, 0.25) is 11.7 Å². The molecule has 0 fully saturated rings. The van der Waals surface area contributed by atoms with Gasteiger partial charge in [0.1, 0.15) is 0 Å². The Kier molecular flexibility index (Phi) is 5.85. The molecule has 0 saturated carbocycles. The summed E-state index contributed by atoms with van der Waals surface area (Å²) >= 11 is 0. The number of nitrogens with one attached hydrogen (secondary N) is 2. The van der Waals surface area contributed by atoms with Crippen molar-refractivity contribution in [3.05, 3.63) is 58.4 Å². The van der Waals surface area contributed by atoms with Gasteiger partial charge in [0.05, 0.1) is 27.5 Å². The highest BCUT2D eigenvalue weighted by atomic mass is 16.5. The van der Waals surface area contributed by atoms with Crippen LogP contribution >= 0.6 is 0 Å². The van der Waals surface area contributed by atoms with Crippen molar-refractivity contribution in [3.63, 3.8) is 0 Å². The van der Waals surface area contributed by atoms with Gasteiger partial charge in [-0.1, -0.05) is 30.3 Å². The van der Waals surface area contributed by atoms with Gasteiger partial charge in [-0.3, -0.25) is 9.78 Å². The fourth-order valence-corrected chi connectivity index (χ4v) is 2.52. The number of anilines is 1. The zero-order valence-electron chi connectivity index (χ0n) is 15.6. The van der Waals surface area contributed by atoms with Gasteiger partial charge in [-0.2, -0.15) is 5.10 Å². The molecule has 2 aromatic carbocycles. The first-order valence-electron chi connectivity index (χ1n) is 8.27. The molecule has 0 spiro atoms. The maximum atomic E-state index is 12.2. The van der Waals surface area contributed by atoms with Crippen LogP contribution in [0.1, 0.15) is 5.56 Å². The molecule has 0 radical (unpaired) electrons. The molecule has 0 unspecified atom stereocenters. The van der Waals surface area contributed by atoms with Gasteiger partial charge in [-0.15, -0.1) is 10.2 Å². The summed E-state index contributed by atoms with van der Waals surface area (Å²) in [4.78, 5) is 14.8. The smallest absolute Gasteiger partial charge is 0.279 e. The highest BCUT2D eigenvalue weighted by molar-refractivity contribution is 5.82. The Bertz CT molecular complexity index is 1010. The molecule has 0 aliphatic heterocycles. The van der Waals surface area contributed by atoms with Crippen molar-refractivity contribution in [2.45, 2.75) is 0 Å². The van der Waals surface area contributed by atoms with Crippen molar-refractivity contribution in [2.24, 2.45) is 5.10 Å². The monoisotopic (exact) mass is 381 g/mol. The summed E-state index contributed by atoms with van der Waals surface area (Å²) in [6, 6.07) is 12.6. The standard InChI is InChI=1S/C19H19N5O4/c1-26-14-9-12(10-15(27-2)17(14)28-3)11-20-23-19-21-18(25)16(22-24-19)13-7-5-4-6-8-13/h4-11H,1-3H3,(H2,21,23,24,25)/b20-11+. The van der Waals surface area contributed by atoms with Crippen molar-refractivity contribution in [3.8, 4) is 28.5 Å². The summed E-state index contributed by atoms with van der Waals surface area (Å²) in [5.41, 5.74) is 3.89. The van der Waals surface area contributed by atoms with E-state index in [9.17, 15) is 4.79 Å². The topological polar surface area (TPSA) is 111 Å². The SMILES string of the molecule is COc1cc(/C=N/Nc2nnc(-c3ccccc3)c(=O)[nH]2)cc(OC)c1OC. The maximum absolute atomic E-state index is 12.2. The third-order valence-corrected chi connectivity index (χ3v) is 3.82. The Morgan fingerprint density at radius 1 is 1.00 bits per heavy atom. The van der Waals surface area contributed by atoms with Gasteiger partial charge in [-0.25, -0.2) is 5.43 Å². The van der Waals surface area contributed by atoms with Crippen molar-refractivity contribution >= 4 is 12.2 Å². The third kappa shape index (κ3) is 4.09. The van der Waals surface area contributed by atoms with Crippen LogP contribution < -0.4 is 25.2 Å². The van der Waals surface area contributed by atoms with Crippen LogP contribution in [-0.2, 0) is 0 Å². The highest BCUT2D eigenvalue weighted by Gasteiger charge is 2.12. The van der Waals surface area contributed by atoms with Crippen LogP contribution in [0.4, 0.5) is 5.95 Å². The first-order chi connectivity index (χ1) is 13.7. The summed E-state index contributed by atoms with van der Waals surface area (Å²) in [6.07, 6.45) is 1.52. The van der Waals surface area contributed by atoms with Gasteiger partial charge in [0.25, 0.3) is 5.56 Å². The minimum absolute atomic E-state index is 0.119. The lowest BCUT2D eigenvalue weighted by molar-refractivity contribution is 0.324. The van der Waals surface area contributed by atoms with E-state index in [1.807, 2.05) is 18.2 Å². The van der Waals surface area contributed by atoms with Gasteiger partial charge in [0.15, 0.2) is 17.2 Å². The summed E-state index contributed by atoms with van der Waals surface area (Å²) < 4.78 is 15.9. The Morgan fingerprint density at radius 2 is 1.68 bits per heavy atom. The molecule has 9 heteroatoms. The lowest BCUT2D eigenvalue weighted by Crippen LogP contribution is -2.15. The first-order valence-corrected chi connectivity index (χ1v) is 8.27. The van der Waals surface area contributed by atoms with E-state index in [-0.39, 0.29) is 17.2 Å². The van der Waals surface area contributed by atoms with Crippen LogP contribution in [0.25, 0.3) is 11.3 Å². The van der Waals surface area contributed by atoms with Crippen LogP contribution in [0.3, 0.4) is 0 Å². The molecule has 0 aliphatic rings. The van der Waals surface area contributed by atoms with E-state index in [1.165, 1.54) is 27.5 Å². The molecule has 28 heavy (non-hydrogen) atoms. The molecule has 0 saturated heterocycles. The number of aromatic amines is 1. The van der Waals surface area contributed by atoms with Gasteiger partial charge < -0.3 is 14.2 Å². The summed E-state index contributed by atoms with van der Waals surface area (Å²) in [7, 11) is 4.60. The van der Waals surface area contributed by atoms with Gasteiger partial charge >= 0.3 is 0 Å². The summed E-state index contributed by atoms with van der Waals surface area (Å²) in [6.45, 7) is 0. The Morgan fingerprint density at radius 3 is 2.25 bits per heavy atom. The van der Waals surface area contributed by atoms with Crippen molar-refractivity contribution in [1.82, 2.24) is 15.2 Å². The van der Waals surface area contributed by atoms with E-state index in [0.29, 0.717) is 28.4 Å². The fourth-order valence-electron chi connectivity index (χ4n) is 2.52. The molecular formula is C19H19N5O4. The molecule has 3 aromatic rings. The summed E-state index contributed by atoms with van der Waals surface area (Å²) in [5, 5.41) is 12.0. The number of rotatable bonds is 7. The van der Waals surface area contributed by atoms with E-state index in [0.717, 1.165) is 0 Å². The molecule has 9 nitrogen and oxygen atoms in total. The summed E-state index contributed by atoms with van der Waals surface area (Å²) in [5.74, 6) is 1.61. The van der Waals surface area contributed by atoms with Crippen LogP contribution in [0.2, 0.25) is 0 Å². The quantitative estimate of drug-likeness (QED) is 0.477. The molecule has 2 N–H and O–H groups in total. The molecule has 3 rings (SSSR count). The number of hydrazone groups is 1.